The number of thiophene rings is 1. The molecule has 0 saturated heterocycles. The predicted octanol–water partition coefficient (Wildman–Crippen LogP) is 3.61. The predicted molar refractivity (Wildman–Crippen MR) is 87.2 cm³/mol. The monoisotopic (exact) mass is 325 g/mol. The maximum Gasteiger partial charge on any atom is 0.273 e. The Labute approximate surface area is 137 Å². The fraction of sp³-hybridized carbons (Fsp3) is 0.235. The second-order valence-corrected chi connectivity index (χ2v) is 6.45. The Balaban J connectivity index is 1.42. The molecule has 3 aromatic heterocycles. The number of hydrogen-bond donors (Lipinski definition) is 1. The van der Waals surface area contributed by atoms with Gasteiger partial charge in [-0.2, -0.15) is 11.3 Å². The Bertz CT molecular complexity index is 822. The van der Waals surface area contributed by atoms with Crippen LogP contribution >= 0.6 is 11.3 Å². The third-order valence-corrected chi connectivity index (χ3v) is 4.53. The zero-order valence-corrected chi connectivity index (χ0v) is 13.2. The van der Waals surface area contributed by atoms with Crippen molar-refractivity contribution in [1.82, 2.24) is 15.5 Å². The summed E-state index contributed by atoms with van der Waals surface area (Å²) in [5, 5.41) is 10.8. The summed E-state index contributed by atoms with van der Waals surface area (Å²) in [6, 6.07) is 5.83. The first kappa shape index (κ1) is 14.1. The number of pyridine rings is 1. The fourth-order valence-corrected chi connectivity index (χ4v) is 3.07. The highest BCUT2D eigenvalue weighted by molar-refractivity contribution is 7.08. The molecular weight excluding hydrogens is 310 g/mol. The summed E-state index contributed by atoms with van der Waals surface area (Å²) < 4.78 is 5.21. The number of carbonyl (C=O) groups excluding carboxylic acids is 1. The van der Waals surface area contributed by atoms with Crippen molar-refractivity contribution in [3.05, 3.63) is 58.4 Å². The van der Waals surface area contributed by atoms with Gasteiger partial charge in [-0.1, -0.05) is 5.16 Å². The molecule has 4 rings (SSSR count). The van der Waals surface area contributed by atoms with Crippen LogP contribution < -0.4 is 5.32 Å². The Morgan fingerprint density at radius 1 is 1.30 bits per heavy atom. The van der Waals surface area contributed by atoms with Crippen LogP contribution in [0.25, 0.3) is 11.1 Å². The summed E-state index contributed by atoms with van der Waals surface area (Å²) in [6.45, 7) is 0.412. The van der Waals surface area contributed by atoms with Crippen molar-refractivity contribution in [1.29, 1.82) is 0 Å². The number of nitrogens with zero attached hydrogens (tertiary/aromatic N) is 2. The molecule has 0 aromatic carbocycles. The van der Waals surface area contributed by atoms with E-state index in [0.29, 0.717) is 18.2 Å². The van der Waals surface area contributed by atoms with Crippen molar-refractivity contribution in [2.45, 2.75) is 25.3 Å². The van der Waals surface area contributed by atoms with E-state index in [-0.39, 0.29) is 5.91 Å². The molecule has 0 atom stereocenters. The molecule has 0 aliphatic heterocycles. The highest BCUT2D eigenvalue weighted by atomic mass is 32.1. The smallest absolute Gasteiger partial charge is 0.273 e. The molecule has 0 bridgehead atoms. The molecule has 1 aliphatic rings. The number of aromatic nitrogens is 2. The minimum Gasteiger partial charge on any atom is -0.360 e. The molecule has 3 heterocycles. The first-order valence-corrected chi connectivity index (χ1v) is 8.45. The highest BCUT2D eigenvalue weighted by Gasteiger charge is 2.28. The van der Waals surface area contributed by atoms with Crippen molar-refractivity contribution in [3.63, 3.8) is 0 Å². The zero-order chi connectivity index (χ0) is 15.6. The normalized spacial score (nSPS) is 13.9. The van der Waals surface area contributed by atoms with E-state index in [1.54, 1.807) is 23.6 Å². The van der Waals surface area contributed by atoms with Crippen LogP contribution in [-0.4, -0.2) is 16.0 Å². The molecule has 1 amide bonds. The number of hydrogen-bond acceptors (Lipinski definition) is 5. The standard InChI is InChI=1S/C17H15N3O2S/c21-17(15-6-16(22-20-15)12-1-2-12)19-8-11-5-14(9-18-7-11)13-3-4-23-10-13/h3-7,9-10,12H,1-2,8H2,(H,19,21). The summed E-state index contributed by atoms with van der Waals surface area (Å²) in [4.78, 5) is 16.4. The van der Waals surface area contributed by atoms with Crippen molar-refractivity contribution >= 4 is 17.2 Å². The Kier molecular flexibility index (Phi) is 3.67. The SMILES string of the molecule is O=C(NCc1cncc(-c2ccsc2)c1)c1cc(C2CC2)on1. The van der Waals surface area contributed by atoms with E-state index in [0.717, 1.165) is 35.3 Å². The van der Waals surface area contributed by atoms with Gasteiger partial charge in [-0.05, 0) is 46.9 Å². The Morgan fingerprint density at radius 2 is 2.22 bits per heavy atom. The van der Waals surface area contributed by atoms with Crippen LogP contribution in [0.3, 0.4) is 0 Å². The molecule has 0 radical (unpaired) electrons. The average Bonchev–Trinajstić information content (AvgIpc) is 3.09. The fourth-order valence-electron chi connectivity index (χ4n) is 2.40. The van der Waals surface area contributed by atoms with Crippen LogP contribution in [0.2, 0.25) is 0 Å². The molecule has 23 heavy (non-hydrogen) atoms. The summed E-state index contributed by atoms with van der Waals surface area (Å²) in [5.41, 5.74) is 3.48. The molecule has 116 valence electrons. The highest BCUT2D eigenvalue weighted by Crippen LogP contribution is 2.40. The van der Waals surface area contributed by atoms with Crippen LogP contribution in [0.4, 0.5) is 0 Å². The van der Waals surface area contributed by atoms with Crippen LogP contribution in [-0.2, 0) is 6.54 Å². The lowest BCUT2D eigenvalue weighted by Crippen LogP contribution is -2.23. The Hall–Kier alpha value is -2.47. The van der Waals surface area contributed by atoms with Gasteiger partial charge in [-0.15, -0.1) is 0 Å². The molecule has 1 aliphatic carbocycles. The molecule has 1 N–H and O–H groups in total. The van der Waals surface area contributed by atoms with Gasteiger partial charge in [0.2, 0.25) is 0 Å². The number of carbonyl (C=O) groups is 1. The van der Waals surface area contributed by atoms with Gasteiger partial charge in [-0.3, -0.25) is 9.78 Å². The van der Waals surface area contributed by atoms with Crippen LogP contribution in [0.15, 0.2) is 45.9 Å². The zero-order valence-electron chi connectivity index (χ0n) is 12.4. The summed E-state index contributed by atoms with van der Waals surface area (Å²) in [7, 11) is 0. The minimum absolute atomic E-state index is 0.221. The molecule has 0 spiro atoms. The van der Waals surface area contributed by atoms with Gasteiger partial charge in [0.25, 0.3) is 5.91 Å². The van der Waals surface area contributed by atoms with Crippen molar-refractivity contribution in [2.24, 2.45) is 0 Å². The first-order valence-electron chi connectivity index (χ1n) is 7.51. The minimum atomic E-state index is -0.221. The van der Waals surface area contributed by atoms with Crippen molar-refractivity contribution < 1.29 is 9.32 Å². The van der Waals surface area contributed by atoms with Gasteiger partial charge in [0.05, 0.1) is 0 Å². The van der Waals surface area contributed by atoms with Gasteiger partial charge in [-0.25, -0.2) is 0 Å². The lowest BCUT2D eigenvalue weighted by Gasteiger charge is -2.05. The summed E-state index contributed by atoms with van der Waals surface area (Å²) in [5.74, 6) is 1.05. The lowest BCUT2D eigenvalue weighted by atomic mass is 10.1. The maximum atomic E-state index is 12.1. The molecule has 3 aromatic rings. The lowest BCUT2D eigenvalue weighted by molar-refractivity contribution is 0.0941. The van der Waals surface area contributed by atoms with E-state index in [1.165, 1.54) is 0 Å². The van der Waals surface area contributed by atoms with Gasteiger partial charge in [0, 0.05) is 36.5 Å². The second-order valence-electron chi connectivity index (χ2n) is 5.67. The van der Waals surface area contributed by atoms with Crippen LogP contribution in [0.5, 0.6) is 0 Å². The van der Waals surface area contributed by atoms with Gasteiger partial charge in [0.15, 0.2) is 5.69 Å². The average molecular weight is 325 g/mol. The maximum absolute atomic E-state index is 12.1. The molecule has 0 unspecified atom stereocenters. The number of amides is 1. The van der Waals surface area contributed by atoms with E-state index in [9.17, 15) is 4.79 Å². The van der Waals surface area contributed by atoms with Gasteiger partial charge in [0.1, 0.15) is 5.76 Å². The third kappa shape index (κ3) is 3.17. The van der Waals surface area contributed by atoms with Crippen molar-refractivity contribution in [2.75, 3.05) is 0 Å². The second kappa shape index (κ2) is 5.96. The molecule has 1 fully saturated rings. The van der Waals surface area contributed by atoms with Crippen LogP contribution in [0.1, 0.15) is 40.6 Å². The number of rotatable bonds is 5. The van der Waals surface area contributed by atoms with Crippen molar-refractivity contribution in [3.8, 4) is 11.1 Å². The van der Waals surface area contributed by atoms with E-state index in [2.05, 4.69) is 26.9 Å². The molecular formula is C17H15N3O2S. The van der Waals surface area contributed by atoms with E-state index < -0.39 is 0 Å². The summed E-state index contributed by atoms with van der Waals surface area (Å²) >= 11 is 1.65. The van der Waals surface area contributed by atoms with Crippen LogP contribution in [0, 0.1) is 0 Å². The third-order valence-electron chi connectivity index (χ3n) is 3.84. The largest absolute Gasteiger partial charge is 0.360 e. The molecule has 1 saturated carbocycles. The first-order chi connectivity index (χ1) is 11.3. The molecule has 6 heteroatoms. The van der Waals surface area contributed by atoms with E-state index in [1.807, 2.05) is 17.6 Å². The van der Waals surface area contributed by atoms with Gasteiger partial charge >= 0.3 is 0 Å². The van der Waals surface area contributed by atoms with E-state index >= 15 is 0 Å². The van der Waals surface area contributed by atoms with E-state index in [4.69, 9.17) is 4.52 Å². The van der Waals surface area contributed by atoms with Gasteiger partial charge < -0.3 is 9.84 Å². The quantitative estimate of drug-likeness (QED) is 0.778. The Morgan fingerprint density at radius 3 is 3.00 bits per heavy atom. The summed E-state index contributed by atoms with van der Waals surface area (Å²) in [6.07, 6.45) is 5.83. The molecule has 5 nitrogen and oxygen atoms in total. The number of nitrogens with one attached hydrogen (secondary N) is 1. The topological polar surface area (TPSA) is 68.0 Å².